The molecule has 0 bridgehead atoms. The highest BCUT2D eigenvalue weighted by molar-refractivity contribution is 5.74. The van der Waals surface area contributed by atoms with Crippen LogP contribution in [0.15, 0.2) is 10.9 Å². The van der Waals surface area contributed by atoms with E-state index in [-0.39, 0.29) is 23.9 Å². The average Bonchev–Trinajstić information content (AvgIpc) is 3.36. The number of nitrogens with zero attached hydrogens (tertiary/aromatic N) is 6. The molecule has 2 aromatic rings. The Balaban J connectivity index is 1.51. The molecule has 10 heteroatoms. The van der Waals surface area contributed by atoms with Crippen LogP contribution in [0.2, 0.25) is 0 Å². The molecular formula is C18H29N7O3. The molecule has 1 aliphatic heterocycles. The smallest absolute Gasteiger partial charge is 0.317 e. The van der Waals surface area contributed by atoms with Crippen molar-refractivity contribution < 1.29 is 14.1 Å². The number of rotatable bonds is 7. The van der Waals surface area contributed by atoms with E-state index in [2.05, 4.69) is 25.7 Å². The minimum Gasteiger partial charge on any atom is -0.383 e. The zero-order chi connectivity index (χ0) is 20.1. The van der Waals surface area contributed by atoms with Crippen LogP contribution in [0, 0.1) is 0 Å². The highest BCUT2D eigenvalue weighted by Crippen LogP contribution is 2.28. The van der Waals surface area contributed by atoms with Gasteiger partial charge in [-0.05, 0) is 19.8 Å². The van der Waals surface area contributed by atoms with Crippen LogP contribution in [0.3, 0.4) is 0 Å². The summed E-state index contributed by atoms with van der Waals surface area (Å²) in [5.74, 6) is 2.59. The quantitative estimate of drug-likeness (QED) is 0.769. The fraction of sp³-hybridized carbons (Fsp3) is 0.722. The number of amides is 2. The van der Waals surface area contributed by atoms with Gasteiger partial charge in [-0.3, -0.25) is 0 Å². The number of carbonyl (C=O) groups is 1. The number of ether oxygens (including phenoxy) is 1. The van der Waals surface area contributed by atoms with Crippen LogP contribution in [-0.4, -0.2) is 62.6 Å². The first-order valence-electron chi connectivity index (χ1n) is 9.75. The molecule has 1 aliphatic rings. The molecule has 0 spiro atoms. The van der Waals surface area contributed by atoms with Crippen molar-refractivity contribution in [1.29, 1.82) is 0 Å². The molecule has 1 atom stereocenters. The summed E-state index contributed by atoms with van der Waals surface area (Å²) in [7, 11) is 1.65. The van der Waals surface area contributed by atoms with Gasteiger partial charge in [-0.1, -0.05) is 19.0 Å². The molecule has 0 saturated carbocycles. The zero-order valence-electron chi connectivity index (χ0n) is 17.0. The average molecular weight is 391 g/mol. The van der Waals surface area contributed by atoms with Gasteiger partial charge in [0.25, 0.3) is 0 Å². The molecule has 0 aliphatic carbocycles. The number of carbonyl (C=O) groups excluding carboxylic acids is 1. The summed E-state index contributed by atoms with van der Waals surface area (Å²) in [5, 5.41) is 15.1. The fourth-order valence-electron chi connectivity index (χ4n) is 3.28. The van der Waals surface area contributed by atoms with Gasteiger partial charge in [0.1, 0.15) is 6.33 Å². The third kappa shape index (κ3) is 4.67. The van der Waals surface area contributed by atoms with Crippen molar-refractivity contribution in [2.75, 3.05) is 26.8 Å². The molecule has 2 aromatic heterocycles. The number of aromatic nitrogens is 5. The Morgan fingerprint density at radius 3 is 2.75 bits per heavy atom. The second-order valence-electron chi connectivity index (χ2n) is 7.45. The normalized spacial score (nSPS) is 16.5. The van der Waals surface area contributed by atoms with Crippen molar-refractivity contribution in [2.24, 2.45) is 0 Å². The second kappa shape index (κ2) is 9.13. The number of hydrogen-bond donors (Lipinski definition) is 1. The lowest BCUT2D eigenvalue weighted by atomic mass is 9.97. The Morgan fingerprint density at radius 2 is 2.11 bits per heavy atom. The van der Waals surface area contributed by atoms with Crippen LogP contribution in [0.1, 0.15) is 69.0 Å². The van der Waals surface area contributed by atoms with E-state index >= 15 is 0 Å². The van der Waals surface area contributed by atoms with Crippen molar-refractivity contribution in [3.8, 4) is 0 Å². The highest BCUT2D eigenvalue weighted by atomic mass is 16.5. The number of hydrogen-bond acceptors (Lipinski definition) is 7. The largest absolute Gasteiger partial charge is 0.383 e. The minimum atomic E-state index is -0.242. The van der Waals surface area contributed by atoms with Gasteiger partial charge in [0.05, 0.1) is 12.6 Å². The van der Waals surface area contributed by atoms with E-state index in [0.29, 0.717) is 38.0 Å². The van der Waals surface area contributed by atoms with Crippen LogP contribution >= 0.6 is 0 Å². The fourth-order valence-corrected chi connectivity index (χ4v) is 3.28. The first kappa shape index (κ1) is 20.2. The first-order valence-corrected chi connectivity index (χ1v) is 9.75. The highest BCUT2D eigenvalue weighted by Gasteiger charge is 2.29. The van der Waals surface area contributed by atoms with Gasteiger partial charge in [0.15, 0.2) is 11.6 Å². The van der Waals surface area contributed by atoms with Gasteiger partial charge in [-0.15, -0.1) is 10.2 Å². The van der Waals surface area contributed by atoms with Crippen LogP contribution < -0.4 is 5.32 Å². The molecule has 154 valence electrons. The van der Waals surface area contributed by atoms with Crippen molar-refractivity contribution in [3.05, 3.63) is 23.9 Å². The topological polar surface area (TPSA) is 111 Å². The second-order valence-corrected chi connectivity index (χ2v) is 7.45. The molecule has 0 aromatic carbocycles. The lowest BCUT2D eigenvalue weighted by Crippen LogP contribution is -2.45. The van der Waals surface area contributed by atoms with E-state index in [9.17, 15) is 4.79 Å². The summed E-state index contributed by atoms with van der Waals surface area (Å²) in [6.07, 6.45) is 3.27. The number of methoxy groups -OCH3 is 1. The molecule has 10 nitrogen and oxygen atoms in total. The maximum atomic E-state index is 12.6. The molecule has 1 fully saturated rings. The molecule has 1 saturated heterocycles. The van der Waals surface area contributed by atoms with Gasteiger partial charge in [-0.2, -0.15) is 4.98 Å². The number of urea groups is 1. The summed E-state index contributed by atoms with van der Waals surface area (Å²) in [6, 6.07) is -0.338. The molecule has 0 unspecified atom stereocenters. The maximum Gasteiger partial charge on any atom is 0.317 e. The van der Waals surface area contributed by atoms with E-state index < -0.39 is 0 Å². The SMILES string of the molecule is COCCn1cnnc1[C@H](C)NC(=O)N1CCC(c2nc(C(C)C)no2)CC1. The molecule has 3 heterocycles. The Morgan fingerprint density at radius 1 is 1.36 bits per heavy atom. The zero-order valence-corrected chi connectivity index (χ0v) is 17.0. The van der Waals surface area contributed by atoms with Crippen molar-refractivity contribution in [3.63, 3.8) is 0 Å². The lowest BCUT2D eigenvalue weighted by Gasteiger charge is -2.31. The molecule has 2 amide bonds. The summed E-state index contributed by atoms with van der Waals surface area (Å²) in [4.78, 5) is 19.0. The summed E-state index contributed by atoms with van der Waals surface area (Å²) < 4.78 is 12.4. The lowest BCUT2D eigenvalue weighted by molar-refractivity contribution is 0.171. The third-order valence-corrected chi connectivity index (χ3v) is 5.01. The standard InChI is InChI=1S/C18H29N7O3/c1-12(2)15-21-17(28-23-15)14-5-7-24(8-6-14)18(26)20-13(3)16-22-19-11-25(16)9-10-27-4/h11-14H,5-10H2,1-4H3,(H,20,26)/t13-/m0/s1. The van der Waals surface area contributed by atoms with Crippen molar-refractivity contribution >= 4 is 6.03 Å². The molecule has 1 N–H and O–H groups in total. The molecule has 0 radical (unpaired) electrons. The Hall–Kier alpha value is -2.49. The van der Waals surface area contributed by atoms with Crippen LogP contribution in [0.5, 0.6) is 0 Å². The van der Waals surface area contributed by atoms with E-state index in [4.69, 9.17) is 9.26 Å². The predicted octanol–water partition coefficient (Wildman–Crippen LogP) is 2.08. The Labute approximate surface area is 164 Å². The van der Waals surface area contributed by atoms with Crippen molar-refractivity contribution in [1.82, 2.24) is 35.1 Å². The summed E-state index contributed by atoms with van der Waals surface area (Å²) >= 11 is 0. The minimum absolute atomic E-state index is 0.0966. The van der Waals surface area contributed by atoms with E-state index in [1.54, 1.807) is 13.4 Å². The van der Waals surface area contributed by atoms with E-state index in [0.717, 1.165) is 18.7 Å². The first-order chi connectivity index (χ1) is 13.5. The molecular weight excluding hydrogens is 362 g/mol. The number of piperidine rings is 1. The summed E-state index contributed by atoms with van der Waals surface area (Å²) in [6.45, 7) is 8.50. The molecule has 28 heavy (non-hydrogen) atoms. The van der Waals surface area contributed by atoms with E-state index in [1.165, 1.54) is 0 Å². The van der Waals surface area contributed by atoms with Crippen molar-refractivity contribution in [2.45, 2.75) is 58.0 Å². The van der Waals surface area contributed by atoms with Crippen LogP contribution in [0.25, 0.3) is 0 Å². The van der Waals surface area contributed by atoms with Crippen LogP contribution in [-0.2, 0) is 11.3 Å². The van der Waals surface area contributed by atoms with Gasteiger partial charge in [0, 0.05) is 38.6 Å². The summed E-state index contributed by atoms with van der Waals surface area (Å²) in [5.41, 5.74) is 0. The van der Waals surface area contributed by atoms with E-state index in [1.807, 2.05) is 30.2 Å². The van der Waals surface area contributed by atoms with Gasteiger partial charge in [0.2, 0.25) is 5.89 Å². The molecule has 3 rings (SSSR count). The Bertz CT molecular complexity index is 765. The third-order valence-electron chi connectivity index (χ3n) is 5.01. The van der Waals surface area contributed by atoms with Gasteiger partial charge in [-0.25, -0.2) is 4.79 Å². The van der Waals surface area contributed by atoms with Gasteiger partial charge < -0.3 is 24.0 Å². The number of nitrogens with one attached hydrogen (secondary N) is 1. The maximum absolute atomic E-state index is 12.6. The predicted molar refractivity (Wildman–Crippen MR) is 101 cm³/mol. The monoisotopic (exact) mass is 391 g/mol. The Kier molecular flexibility index (Phi) is 6.61. The van der Waals surface area contributed by atoms with Crippen LogP contribution in [0.4, 0.5) is 4.79 Å². The van der Waals surface area contributed by atoms with Gasteiger partial charge >= 0.3 is 6.03 Å². The number of likely N-dealkylation sites (tertiary alicyclic amines) is 1.